The van der Waals surface area contributed by atoms with Gasteiger partial charge in [0.25, 0.3) is 5.91 Å². The molecule has 0 atom stereocenters. The largest absolute Gasteiger partial charge is 0.289 e. The molecule has 1 aromatic rings. The molecule has 1 rings (SSSR count). The summed E-state index contributed by atoms with van der Waals surface area (Å²) in [6, 6.07) is 0. The van der Waals surface area contributed by atoms with E-state index in [0.717, 1.165) is 0 Å². The highest BCUT2D eigenvalue weighted by Crippen LogP contribution is 1.99. The quantitative estimate of drug-likeness (QED) is 0.300. The number of carbonyl (C=O) groups excluding carboxylic acids is 1. The third-order valence-corrected chi connectivity index (χ3v) is 1.45. The van der Waals surface area contributed by atoms with Crippen molar-refractivity contribution in [3.8, 4) is 0 Å². The third-order valence-electron chi connectivity index (χ3n) is 1.45. The summed E-state index contributed by atoms with van der Waals surface area (Å²) in [6.07, 6.45) is 0. The van der Waals surface area contributed by atoms with Crippen LogP contribution in [0.1, 0.15) is 16.2 Å². The van der Waals surface area contributed by atoms with Gasteiger partial charge in [-0.2, -0.15) is 0 Å². The lowest BCUT2D eigenvalue weighted by Gasteiger charge is -1.94. The van der Waals surface area contributed by atoms with Crippen LogP contribution in [-0.4, -0.2) is 20.9 Å². The van der Waals surface area contributed by atoms with Gasteiger partial charge in [-0.1, -0.05) is 5.21 Å². The molecule has 6 heteroatoms. The van der Waals surface area contributed by atoms with Crippen molar-refractivity contribution in [1.82, 2.24) is 20.4 Å². The van der Waals surface area contributed by atoms with Crippen molar-refractivity contribution in [2.75, 3.05) is 0 Å². The zero-order valence-corrected chi connectivity index (χ0v) is 6.33. The molecule has 3 N–H and O–H groups in total. The molecule has 0 unspecified atom stereocenters. The highest BCUT2D eigenvalue weighted by molar-refractivity contribution is 5.92. The maximum atomic E-state index is 10.9. The van der Waals surface area contributed by atoms with E-state index in [1.54, 1.807) is 14.0 Å². The second kappa shape index (κ2) is 2.67. The fourth-order valence-electron chi connectivity index (χ4n) is 0.683. The molecule has 11 heavy (non-hydrogen) atoms. The average molecular weight is 155 g/mol. The summed E-state index contributed by atoms with van der Waals surface area (Å²) < 4.78 is 1.50. The van der Waals surface area contributed by atoms with Crippen molar-refractivity contribution < 1.29 is 4.79 Å². The van der Waals surface area contributed by atoms with Crippen LogP contribution >= 0.6 is 0 Å². The number of carbonyl (C=O) groups is 1. The summed E-state index contributed by atoms with van der Waals surface area (Å²) in [7, 11) is 1.70. The molecular formula is C5H9N5O. The van der Waals surface area contributed by atoms with Gasteiger partial charge in [0.15, 0.2) is 5.69 Å². The van der Waals surface area contributed by atoms with E-state index in [-0.39, 0.29) is 5.69 Å². The van der Waals surface area contributed by atoms with Gasteiger partial charge in [-0.3, -0.25) is 14.9 Å². The maximum absolute atomic E-state index is 10.9. The van der Waals surface area contributed by atoms with Gasteiger partial charge in [0.05, 0.1) is 5.69 Å². The van der Waals surface area contributed by atoms with Gasteiger partial charge in [0.2, 0.25) is 0 Å². The normalized spacial score (nSPS) is 9.73. The van der Waals surface area contributed by atoms with Gasteiger partial charge in [0.1, 0.15) is 0 Å². The smallest absolute Gasteiger partial charge is 0.287 e. The Bertz CT molecular complexity index is 278. The molecule has 1 heterocycles. The van der Waals surface area contributed by atoms with Gasteiger partial charge in [-0.05, 0) is 6.92 Å². The zero-order chi connectivity index (χ0) is 8.43. The van der Waals surface area contributed by atoms with E-state index >= 15 is 0 Å². The monoisotopic (exact) mass is 155 g/mol. The Labute approximate surface area is 63.3 Å². The number of rotatable bonds is 1. The highest BCUT2D eigenvalue weighted by Gasteiger charge is 2.12. The van der Waals surface area contributed by atoms with E-state index in [2.05, 4.69) is 10.3 Å². The standard InChI is InChI=1S/C5H9N5O/c1-3-4(5(11)7-6)8-9-10(3)2/h6H2,1-2H3,(H,7,11). The molecule has 0 bridgehead atoms. The summed E-state index contributed by atoms with van der Waals surface area (Å²) in [5.74, 6) is 4.48. The number of aryl methyl sites for hydroxylation is 1. The second-order valence-corrected chi connectivity index (χ2v) is 2.12. The van der Waals surface area contributed by atoms with Gasteiger partial charge in [0, 0.05) is 7.05 Å². The number of aromatic nitrogens is 3. The lowest BCUT2D eigenvalue weighted by atomic mass is 10.3. The van der Waals surface area contributed by atoms with Crippen molar-refractivity contribution in [1.29, 1.82) is 0 Å². The minimum Gasteiger partial charge on any atom is -0.289 e. The number of nitrogens with zero attached hydrogens (tertiary/aromatic N) is 3. The van der Waals surface area contributed by atoms with E-state index in [0.29, 0.717) is 5.69 Å². The van der Waals surface area contributed by atoms with Crippen molar-refractivity contribution >= 4 is 5.91 Å². The average Bonchev–Trinajstić information content (AvgIpc) is 2.32. The number of nitrogen functional groups attached to an aromatic ring is 1. The minimum atomic E-state index is -0.421. The number of hydrogen-bond donors (Lipinski definition) is 2. The molecule has 0 saturated carbocycles. The molecule has 0 fully saturated rings. The molecule has 0 aromatic carbocycles. The van der Waals surface area contributed by atoms with Crippen LogP contribution in [0.15, 0.2) is 0 Å². The Morgan fingerprint density at radius 2 is 2.36 bits per heavy atom. The molecule has 6 nitrogen and oxygen atoms in total. The number of hydrogen-bond acceptors (Lipinski definition) is 4. The molecular weight excluding hydrogens is 146 g/mol. The molecule has 0 spiro atoms. The van der Waals surface area contributed by atoms with Crippen molar-refractivity contribution in [2.24, 2.45) is 12.9 Å². The van der Waals surface area contributed by atoms with Crippen LogP contribution in [0.25, 0.3) is 0 Å². The van der Waals surface area contributed by atoms with E-state index in [9.17, 15) is 4.79 Å². The molecule has 0 saturated heterocycles. The van der Waals surface area contributed by atoms with E-state index in [1.165, 1.54) is 4.68 Å². The first-order valence-corrected chi connectivity index (χ1v) is 3.04. The van der Waals surface area contributed by atoms with Crippen molar-refractivity contribution in [3.63, 3.8) is 0 Å². The second-order valence-electron chi connectivity index (χ2n) is 2.12. The van der Waals surface area contributed by atoms with Crippen LogP contribution in [0.2, 0.25) is 0 Å². The van der Waals surface area contributed by atoms with Gasteiger partial charge < -0.3 is 0 Å². The van der Waals surface area contributed by atoms with Crippen molar-refractivity contribution in [2.45, 2.75) is 6.92 Å². The molecule has 1 amide bonds. The Morgan fingerprint density at radius 1 is 1.73 bits per heavy atom. The minimum absolute atomic E-state index is 0.259. The van der Waals surface area contributed by atoms with Crippen LogP contribution < -0.4 is 11.3 Å². The van der Waals surface area contributed by atoms with Crippen LogP contribution in [0, 0.1) is 6.92 Å². The highest BCUT2D eigenvalue weighted by atomic mass is 16.2. The van der Waals surface area contributed by atoms with Crippen molar-refractivity contribution in [3.05, 3.63) is 11.4 Å². The van der Waals surface area contributed by atoms with Crippen LogP contribution in [0.4, 0.5) is 0 Å². The maximum Gasteiger partial charge on any atom is 0.287 e. The molecule has 0 aliphatic rings. The van der Waals surface area contributed by atoms with E-state index in [4.69, 9.17) is 5.84 Å². The van der Waals surface area contributed by atoms with Gasteiger partial charge >= 0.3 is 0 Å². The first-order chi connectivity index (χ1) is 5.16. The van der Waals surface area contributed by atoms with Crippen LogP contribution in [0.5, 0.6) is 0 Å². The number of nitrogens with one attached hydrogen (secondary N) is 1. The van der Waals surface area contributed by atoms with E-state index in [1.807, 2.05) is 5.43 Å². The van der Waals surface area contributed by atoms with Gasteiger partial charge in [-0.25, -0.2) is 5.84 Å². The third kappa shape index (κ3) is 1.20. The fraction of sp³-hybridized carbons (Fsp3) is 0.400. The number of nitrogens with two attached hydrogens (primary N) is 1. The summed E-state index contributed by atoms with van der Waals surface area (Å²) in [5, 5.41) is 7.24. The summed E-state index contributed by atoms with van der Waals surface area (Å²) in [5.41, 5.74) is 2.93. The first kappa shape index (κ1) is 7.67. The Hall–Kier alpha value is -1.43. The van der Waals surface area contributed by atoms with Crippen LogP contribution in [-0.2, 0) is 7.05 Å². The zero-order valence-electron chi connectivity index (χ0n) is 6.33. The first-order valence-electron chi connectivity index (χ1n) is 3.04. The molecule has 0 radical (unpaired) electrons. The molecule has 1 aromatic heterocycles. The molecule has 0 aliphatic heterocycles. The predicted octanol–water partition coefficient (Wildman–Crippen LogP) is -1.27. The Balaban J connectivity index is 3.04. The lowest BCUT2D eigenvalue weighted by molar-refractivity contribution is 0.0948. The van der Waals surface area contributed by atoms with Crippen LogP contribution in [0.3, 0.4) is 0 Å². The lowest BCUT2D eigenvalue weighted by Crippen LogP contribution is -2.30. The fourth-order valence-corrected chi connectivity index (χ4v) is 0.683. The molecule has 0 aliphatic carbocycles. The number of hydrazine groups is 1. The van der Waals surface area contributed by atoms with Gasteiger partial charge in [-0.15, -0.1) is 5.10 Å². The SMILES string of the molecule is Cc1c(C(=O)NN)nnn1C. The number of amides is 1. The topological polar surface area (TPSA) is 85.8 Å². The van der Waals surface area contributed by atoms with E-state index < -0.39 is 5.91 Å². The predicted molar refractivity (Wildman–Crippen MR) is 37.4 cm³/mol. The summed E-state index contributed by atoms with van der Waals surface area (Å²) >= 11 is 0. The Morgan fingerprint density at radius 3 is 2.73 bits per heavy atom. The Kier molecular flexibility index (Phi) is 1.86. The summed E-state index contributed by atoms with van der Waals surface area (Å²) in [6.45, 7) is 1.74. The molecule has 60 valence electrons. The summed E-state index contributed by atoms with van der Waals surface area (Å²) in [4.78, 5) is 10.9.